The lowest BCUT2D eigenvalue weighted by molar-refractivity contribution is -0.138. The molecule has 2 N–H and O–H groups in total. The van der Waals surface area contributed by atoms with Gasteiger partial charge in [-0.25, -0.2) is 0 Å². The van der Waals surface area contributed by atoms with E-state index in [1.165, 1.54) is 24.4 Å². The summed E-state index contributed by atoms with van der Waals surface area (Å²) < 4.78 is 39.1. The quantitative estimate of drug-likeness (QED) is 0.691. The highest BCUT2D eigenvalue weighted by molar-refractivity contribution is 6.30. The minimum absolute atomic E-state index is 0.0128. The Bertz CT molecular complexity index is 937. The van der Waals surface area contributed by atoms with Gasteiger partial charge in [0.05, 0.1) is 23.0 Å². The molecular formula is C18H13ClF3N3O. The molecule has 8 heteroatoms. The van der Waals surface area contributed by atoms with Gasteiger partial charge in [0.1, 0.15) is 0 Å². The predicted octanol–water partition coefficient (Wildman–Crippen LogP) is 4.68. The maximum atomic E-state index is 13.0. The van der Waals surface area contributed by atoms with E-state index in [2.05, 4.69) is 15.5 Å². The number of nitrogens with zero attached hydrogens (tertiary/aromatic N) is 1. The highest BCUT2D eigenvalue weighted by Crippen LogP contribution is 2.32. The molecule has 0 saturated heterocycles. The third kappa shape index (κ3) is 3.88. The number of benzene rings is 2. The largest absolute Gasteiger partial charge is 0.416 e. The Hall–Kier alpha value is -2.80. The Morgan fingerprint density at radius 3 is 2.65 bits per heavy atom. The number of H-pyrrole nitrogens is 1. The second-order valence-electron chi connectivity index (χ2n) is 5.51. The van der Waals surface area contributed by atoms with Gasteiger partial charge < -0.3 is 5.32 Å². The van der Waals surface area contributed by atoms with Crippen molar-refractivity contribution in [2.45, 2.75) is 12.7 Å². The van der Waals surface area contributed by atoms with E-state index < -0.39 is 17.6 Å². The van der Waals surface area contributed by atoms with E-state index in [1.807, 2.05) is 0 Å². The lowest BCUT2D eigenvalue weighted by Crippen LogP contribution is -2.24. The third-order valence-electron chi connectivity index (χ3n) is 3.76. The third-order valence-corrected chi connectivity index (χ3v) is 3.99. The number of nitrogens with one attached hydrogen (secondary N) is 2. The van der Waals surface area contributed by atoms with Crippen LogP contribution in [0, 0.1) is 0 Å². The van der Waals surface area contributed by atoms with Gasteiger partial charge >= 0.3 is 6.18 Å². The summed E-state index contributed by atoms with van der Waals surface area (Å²) >= 11 is 5.95. The number of aromatic amines is 1. The molecule has 1 aromatic heterocycles. The van der Waals surface area contributed by atoms with Gasteiger partial charge in [-0.15, -0.1) is 0 Å². The number of amides is 1. The number of carbonyl (C=O) groups is 1. The molecule has 0 bridgehead atoms. The van der Waals surface area contributed by atoms with Crippen molar-refractivity contribution in [1.82, 2.24) is 15.5 Å². The number of aromatic nitrogens is 2. The van der Waals surface area contributed by atoms with Crippen LogP contribution in [0.1, 0.15) is 21.5 Å². The molecule has 0 fully saturated rings. The van der Waals surface area contributed by atoms with E-state index in [0.29, 0.717) is 16.3 Å². The van der Waals surface area contributed by atoms with Gasteiger partial charge in [0.25, 0.3) is 5.91 Å². The Balaban J connectivity index is 1.80. The summed E-state index contributed by atoms with van der Waals surface area (Å²) in [6.45, 7) is -0.255. The standard InChI is InChI=1S/C18H13ClF3N3O/c19-13-6-3-5-11(8-13)16-14(10-24-25-16)17(26)23-9-12-4-1-2-7-15(12)18(20,21)22/h1-8,10H,9H2,(H,23,26)(H,24,25). The normalized spacial score (nSPS) is 11.4. The molecule has 0 aliphatic carbocycles. The monoisotopic (exact) mass is 379 g/mol. The maximum absolute atomic E-state index is 13.0. The summed E-state index contributed by atoms with van der Waals surface area (Å²) in [6, 6.07) is 11.9. The van der Waals surface area contributed by atoms with Crippen LogP contribution in [0.2, 0.25) is 5.02 Å². The first-order valence-corrected chi connectivity index (χ1v) is 7.96. The van der Waals surface area contributed by atoms with Crippen LogP contribution in [0.4, 0.5) is 13.2 Å². The van der Waals surface area contributed by atoms with E-state index in [1.54, 1.807) is 24.3 Å². The van der Waals surface area contributed by atoms with Crippen molar-refractivity contribution in [3.05, 3.63) is 76.4 Å². The van der Waals surface area contributed by atoms with E-state index in [9.17, 15) is 18.0 Å². The molecule has 3 aromatic rings. The highest BCUT2D eigenvalue weighted by atomic mass is 35.5. The summed E-state index contributed by atoms with van der Waals surface area (Å²) in [5.74, 6) is -0.536. The summed E-state index contributed by atoms with van der Waals surface area (Å²) in [5, 5.41) is 9.56. The predicted molar refractivity (Wildman–Crippen MR) is 91.6 cm³/mol. The molecule has 0 atom stereocenters. The summed E-state index contributed by atoms with van der Waals surface area (Å²) in [5.41, 5.74) is 0.519. The number of alkyl halides is 3. The van der Waals surface area contributed by atoms with E-state index in [-0.39, 0.29) is 17.7 Å². The fraction of sp³-hybridized carbons (Fsp3) is 0.111. The molecule has 4 nitrogen and oxygen atoms in total. The zero-order valence-corrected chi connectivity index (χ0v) is 14.0. The molecule has 0 radical (unpaired) electrons. The van der Waals surface area contributed by atoms with Gasteiger partial charge in [-0.1, -0.05) is 41.9 Å². The molecule has 0 aliphatic heterocycles. The van der Waals surface area contributed by atoms with Crippen molar-refractivity contribution in [2.24, 2.45) is 0 Å². The second-order valence-corrected chi connectivity index (χ2v) is 5.94. The van der Waals surface area contributed by atoms with Gasteiger partial charge in [-0.2, -0.15) is 18.3 Å². The minimum atomic E-state index is -4.48. The van der Waals surface area contributed by atoms with Crippen LogP contribution < -0.4 is 5.32 Å². The molecule has 0 saturated carbocycles. The van der Waals surface area contributed by atoms with Gasteiger partial charge in [0.15, 0.2) is 0 Å². The Morgan fingerprint density at radius 1 is 1.15 bits per heavy atom. The van der Waals surface area contributed by atoms with Crippen LogP contribution >= 0.6 is 11.6 Å². The van der Waals surface area contributed by atoms with Crippen molar-refractivity contribution in [3.8, 4) is 11.3 Å². The molecule has 1 amide bonds. The average Bonchev–Trinajstić information content (AvgIpc) is 3.09. The molecule has 0 spiro atoms. The molecule has 1 heterocycles. The summed E-state index contributed by atoms with van der Waals surface area (Å²) in [4.78, 5) is 12.4. The Labute approximate surface area is 152 Å². The number of halogens is 4. The van der Waals surface area contributed by atoms with Crippen molar-refractivity contribution in [3.63, 3.8) is 0 Å². The SMILES string of the molecule is O=C(NCc1ccccc1C(F)(F)F)c1cn[nH]c1-c1cccc(Cl)c1. The maximum Gasteiger partial charge on any atom is 0.416 e. The lowest BCUT2D eigenvalue weighted by Gasteiger charge is -2.13. The smallest absolute Gasteiger partial charge is 0.348 e. The van der Waals surface area contributed by atoms with Gasteiger partial charge in [0.2, 0.25) is 0 Å². The first-order valence-electron chi connectivity index (χ1n) is 7.59. The van der Waals surface area contributed by atoms with Crippen molar-refractivity contribution >= 4 is 17.5 Å². The first-order chi connectivity index (χ1) is 12.4. The molecule has 0 aliphatic rings. The first kappa shape index (κ1) is 18.0. The molecule has 26 heavy (non-hydrogen) atoms. The lowest BCUT2D eigenvalue weighted by atomic mass is 10.1. The molecule has 2 aromatic carbocycles. The number of hydrogen-bond acceptors (Lipinski definition) is 2. The van der Waals surface area contributed by atoms with Crippen LogP contribution in [0.3, 0.4) is 0 Å². The highest BCUT2D eigenvalue weighted by Gasteiger charge is 2.32. The Morgan fingerprint density at radius 2 is 1.92 bits per heavy atom. The fourth-order valence-electron chi connectivity index (χ4n) is 2.54. The van der Waals surface area contributed by atoms with Crippen LogP contribution in [0.5, 0.6) is 0 Å². The Kier molecular flexibility index (Phi) is 4.99. The van der Waals surface area contributed by atoms with E-state index >= 15 is 0 Å². The van der Waals surface area contributed by atoms with Gasteiger partial charge in [-0.3, -0.25) is 9.89 Å². The van der Waals surface area contributed by atoms with Crippen LogP contribution in [0.15, 0.2) is 54.7 Å². The molecular weight excluding hydrogens is 367 g/mol. The van der Waals surface area contributed by atoms with Crippen LogP contribution in [-0.2, 0) is 12.7 Å². The van der Waals surface area contributed by atoms with Gasteiger partial charge in [0, 0.05) is 17.1 Å². The van der Waals surface area contributed by atoms with Crippen LogP contribution in [0.25, 0.3) is 11.3 Å². The van der Waals surface area contributed by atoms with Crippen molar-refractivity contribution < 1.29 is 18.0 Å². The summed E-state index contributed by atoms with van der Waals surface area (Å²) in [6.07, 6.45) is -3.16. The number of hydrogen-bond donors (Lipinski definition) is 2. The number of carbonyl (C=O) groups excluding carboxylic acids is 1. The molecule has 134 valence electrons. The number of rotatable bonds is 4. The minimum Gasteiger partial charge on any atom is -0.348 e. The van der Waals surface area contributed by atoms with Crippen LogP contribution in [-0.4, -0.2) is 16.1 Å². The topological polar surface area (TPSA) is 57.8 Å². The van der Waals surface area contributed by atoms with E-state index in [4.69, 9.17) is 11.6 Å². The van der Waals surface area contributed by atoms with Crippen molar-refractivity contribution in [2.75, 3.05) is 0 Å². The second kappa shape index (κ2) is 7.21. The van der Waals surface area contributed by atoms with E-state index in [0.717, 1.165) is 6.07 Å². The molecule has 0 unspecified atom stereocenters. The average molecular weight is 380 g/mol. The van der Waals surface area contributed by atoms with Crippen molar-refractivity contribution in [1.29, 1.82) is 0 Å². The summed E-state index contributed by atoms with van der Waals surface area (Å²) in [7, 11) is 0. The fourth-order valence-corrected chi connectivity index (χ4v) is 2.73. The van der Waals surface area contributed by atoms with Gasteiger partial charge in [-0.05, 0) is 23.8 Å². The zero-order valence-electron chi connectivity index (χ0n) is 13.3. The molecule has 3 rings (SSSR count). The zero-order chi connectivity index (χ0) is 18.7.